The number of quaternary nitrogens is 1. The van der Waals surface area contributed by atoms with Crippen molar-refractivity contribution in [3.63, 3.8) is 0 Å². The molecule has 4 aliphatic rings. The van der Waals surface area contributed by atoms with E-state index >= 15 is 0 Å². The van der Waals surface area contributed by atoms with Crippen LogP contribution in [0.4, 0.5) is 0 Å². The van der Waals surface area contributed by atoms with Gasteiger partial charge in [0.15, 0.2) is 6.67 Å². The Morgan fingerprint density at radius 1 is 0.741 bits per heavy atom. The summed E-state index contributed by atoms with van der Waals surface area (Å²) >= 11 is 0. The maximum absolute atomic E-state index is 13.4. The molecule has 27 heavy (non-hydrogen) atoms. The van der Waals surface area contributed by atoms with Gasteiger partial charge in [-0.2, -0.15) is 0 Å². The number of amides is 2. The highest BCUT2D eigenvalue weighted by Gasteiger charge is 2.61. The summed E-state index contributed by atoms with van der Waals surface area (Å²) < 4.78 is 0. The van der Waals surface area contributed by atoms with Gasteiger partial charge in [0, 0.05) is 11.8 Å². The van der Waals surface area contributed by atoms with Gasteiger partial charge >= 0.3 is 0 Å². The zero-order valence-electron chi connectivity index (χ0n) is 15.8. The lowest BCUT2D eigenvalue weighted by molar-refractivity contribution is -0.903. The molecule has 0 radical (unpaired) electrons. The second-order valence-corrected chi connectivity index (χ2v) is 7.98. The van der Waals surface area contributed by atoms with E-state index in [1.807, 2.05) is 0 Å². The number of rotatable bonds is 4. The second-order valence-electron chi connectivity index (χ2n) is 7.98. The Balaban J connectivity index is 1.65. The van der Waals surface area contributed by atoms with Gasteiger partial charge in [0.2, 0.25) is 11.8 Å². The minimum atomic E-state index is -0.248. The first-order valence-electron chi connectivity index (χ1n) is 10.0. The van der Waals surface area contributed by atoms with Gasteiger partial charge in [-0.15, -0.1) is 0 Å². The van der Waals surface area contributed by atoms with Crippen molar-refractivity contribution in [2.75, 3.05) is 19.8 Å². The van der Waals surface area contributed by atoms with E-state index in [1.54, 1.807) is 4.90 Å². The summed E-state index contributed by atoms with van der Waals surface area (Å²) in [5.41, 5.74) is 4.95. The lowest BCUT2D eigenvalue weighted by Gasteiger charge is -2.45. The Kier molecular flexibility index (Phi) is 3.73. The molecule has 4 nitrogen and oxygen atoms in total. The molecule has 0 aromatic heterocycles. The Labute approximate surface area is 159 Å². The number of likely N-dealkylation sites (tertiary alicyclic amines) is 1. The molecule has 2 aromatic rings. The van der Waals surface area contributed by atoms with Crippen LogP contribution in [0.2, 0.25) is 0 Å². The van der Waals surface area contributed by atoms with Crippen LogP contribution in [0.25, 0.3) is 0 Å². The lowest BCUT2D eigenvalue weighted by atomic mass is 9.55. The maximum Gasteiger partial charge on any atom is 0.238 e. The average Bonchev–Trinajstić information content (AvgIpc) is 2.97. The first kappa shape index (κ1) is 16.7. The molecule has 2 aromatic carbocycles. The van der Waals surface area contributed by atoms with Gasteiger partial charge in [0.05, 0.1) is 24.9 Å². The van der Waals surface area contributed by atoms with Crippen molar-refractivity contribution >= 4 is 11.8 Å². The molecule has 1 saturated heterocycles. The van der Waals surface area contributed by atoms with E-state index in [1.165, 1.54) is 27.2 Å². The SMILES string of the molecule is CC[NH+](CC)CN1C(=O)[C@@H]2C3c4ccccc4C(c4ccccc43)[C@H]2C1=O. The minimum Gasteiger partial charge on any atom is -0.318 e. The van der Waals surface area contributed by atoms with Crippen LogP contribution < -0.4 is 4.90 Å². The van der Waals surface area contributed by atoms with Crippen molar-refractivity contribution < 1.29 is 14.5 Å². The van der Waals surface area contributed by atoms with Crippen molar-refractivity contribution in [2.24, 2.45) is 11.8 Å². The predicted molar refractivity (Wildman–Crippen MR) is 102 cm³/mol. The zero-order valence-corrected chi connectivity index (χ0v) is 15.8. The summed E-state index contributed by atoms with van der Waals surface area (Å²) in [6, 6.07) is 16.8. The van der Waals surface area contributed by atoms with Crippen LogP contribution in [-0.2, 0) is 9.59 Å². The Morgan fingerprint density at radius 3 is 1.44 bits per heavy atom. The predicted octanol–water partition coefficient (Wildman–Crippen LogP) is 1.76. The molecule has 1 N–H and O–H groups in total. The molecule has 2 bridgehead atoms. The monoisotopic (exact) mass is 361 g/mol. The van der Waals surface area contributed by atoms with E-state index < -0.39 is 0 Å². The standard InChI is InChI=1S/C23H24N2O2/c1-3-24(4-2)13-25-22(26)20-18-14-9-5-6-10-15(14)19(21(20)23(25)27)17-12-8-7-11-16(17)18/h5-12,18-21H,3-4,13H2,1-2H3/p+1/t18?,19?,20-,21-/m1/s1. The van der Waals surface area contributed by atoms with Crippen LogP contribution in [0.5, 0.6) is 0 Å². The number of benzene rings is 2. The van der Waals surface area contributed by atoms with Gasteiger partial charge in [-0.25, -0.2) is 4.90 Å². The molecule has 4 heteroatoms. The third-order valence-electron chi connectivity index (χ3n) is 6.92. The molecule has 1 heterocycles. The number of nitrogens with zero attached hydrogens (tertiary/aromatic N) is 1. The van der Waals surface area contributed by atoms with Crippen LogP contribution in [-0.4, -0.2) is 36.5 Å². The Bertz CT molecular complexity index is 818. The van der Waals surface area contributed by atoms with Crippen molar-refractivity contribution in [1.29, 1.82) is 0 Å². The van der Waals surface area contributed by atoms with Crippen LogP contribution >= 0.6 is 0 Å². The van der Waals surface area contributed by atoms with E-state index in [9.17, 15) is 9.59 Å². The average molecular weight is 361 g/mol. The number of hydrogen-bond donors (Lipinski definition) is 1. The highest BCUT2D eigenvalue weighted by molar-refractivity contribution is 6.07. The van der Waals surface area contributed by atoms with Crippen LogP contribution in [0, 0.1) is 11.8 Å². The van der Waals surface area contributed by atoms with Gasteiger partial charge in [-0.1, -0.05) is 48.5 Å². The number of carbonyl (C=O) groups excluding carboxylic acids is 2. The summed E-state index contributed by atoms with van der Waals surface area (Å²) in [6.45, 7) is 6.52. The van der Waals surface area contributed by atoms with E-state index in [0.29, 0.717) is 6.67 Å². The molecule has 0 spiro atoms. The van der Waals surface area contributed by atoms with Gasteiger partial charge < -0.3 is 4.90 Å². The first-order chi connectivity index (χ1) is 13.2. The van der Waals surface area contributed by atoms with Gasteiger partial charge in [0.1, 0.15) is 0 Å². The summed E-state index contributed by atoms with van der Waals surface area (Å²) in [4.78, 5) is 29.7. The molecule has 6 rings (SSSR count). The highest BCUT2D eigenvalue weighted by atomic mass is 16.2. The summed E-state index contributed by atoms with van der Waals surface area (Å²) in [5, 5.41) is 0. The van der Waals surface area contributed by atoms with Crippen molar-refractivity contribution in [3.05, 3.63) is 70.8 Å². The Morgan fingerprint density at radius 2 is 1.11 bits per heavy atom. The van der Waals surface area contributed by atoms with Crippen molar-refractivity contribution in [2.45, 2.75) is 25.7 Å². The minimum absolute atomic E-state index is 0.000512. The van der Waals surface area contributed by atoms with Gasteiger partial charge in [0.25, 0.3) is 0 Å². The lowest BCUT2D eigenvalue weighted by Crippen LogP contribution is -3.13. The van der Waals surface area contributed by atoms with Crippen LogP contribution in [0.3, 0.4) is 0 Å². The fraction of sp³-hybridized carbons (Fsp3) is 0.391. The van der Waals surface area contributed by atoms with Crippen LogP contribution in [0.1, 0.15) is 47.9 Å². The molecular formula is C23H25N2O2+. The normalized spacial score (nSPS) is 27.7. The third-order valence-corrected chi connectivity index (χ3v) is 6.92. The maximum atomic E-state index is 13.4. The quantitative estimate of drug-likeness (QED) is 0.844. The fourth-order valence-electron chi connectivity index (χ4n) is 5.59. The number of imide groups is 1. The van der Waals surface area contributed by atoms with E-state index in [-0.39, 0.29) is 35.5 Å². The molecule has 1 aliphatic heterocycles. The van der Waals surface area contributed by atoms with E-state index in [0.717, 1.165) is 13.1 Å². The van der Waals surface area contributed by atoms with E-state index in [4.69, 9.17) is 0 Å². The van der Waals surface area contributed by atoms with Gasteiger partial charge in [-0.05, 0) is 36.1 Å². The molecule has 3 aliphatic carbocycles. The molecule has 0 unspecified atom stereocenters. The van der Waals surface area contributed by atoms with Gasteiger partial charge in [-0.3, -0.25) is 9.59 Å². The molecule has 0 saturated carbocycles. The molecule has 2 amide bonds. The Hall–Kier alpha value is -2.46. The van der Waals surface area contributed by atoms with Crippen LogP contribution in [0.15, 0.2) is 48.5 Å². The highest BCUT2D eigenvalue weighted by Crippen LogP contribution is 2.60. The first-order valence-corrected chi connectivity index (χ1v) is 10.0. The molecule has 138 valence electrons. The topological polar surface area (TPSA) is 41.8 Å². The summed E-state index contributed by atoms with van der Waals surface area (Å²) in [5.74, 6) is -0.433. The van der Waals surface area contributed by atoms with Crippen molar-refractivity contribution in [3.8, 4) is 0 Å². The number of carbonyl (C=O) groups is 2. The number of nitrogens with one attached hydrogen (secondary N) is 1. The molecule has 1 fully saturated rings. The largest absolute Gasteiger partial charge is 0.318 e. The third kappa shape index (κ3) is 2.13. The second kappa shape index (κ2) is 6.03. The summed E-state index contributed by atoms with van der Waals surface area (Å²) in [7, 11) is 0. The fourth-order valence-corrected chi connectivity index (χ4v) is 5.59. The van der Waals surface area contributed by atoms with E-state index in [2.05, 4.69) is 62.4 Å². The number of hydrogen-bond acceptors (Lipinski definition) is 2. The summed E-state index contributed by atoms with van der Waals surface area (Å²) in [6.07, 6.45) is 0. The molecular weight excluding hydrogens is 336 g/mol. The smallest absolute Gasteiger partial charge is 0.238 e. The zero-order chi connectivity index (χ0) is 18.7. The van der Waals surface area contributed by atoms with Crippen molar-refractivity contribution in [1.82, 2.24) is 4.90 Å². The molecule has 2 atom stereocenters.